The first-order chi connectivity index (χ1) is 8.25. The van der Waals surface area contributed by atoms with Gasteiger partial charge in [-0.3, -0.25) is 4.57 Å². The van der Waals surface area contributed by atoms with Crippen molar-refractivity contribution in [2.45, 2.75) is 0 Å². The summed E-state index contributed by atoms with van der Waals surface area (Å²) in [5, 5.41) is 9.42. The van der Waals surface area contributed by atoms with Crippen molar-refractivity contribution in [1.82, 2.24) is 14.5 Å². The Hall–Kier alpha value is -2.56. The number of fused-ring (bicyclic) bond motifs is 1. The summed E-state index contributed by atoms with van der Waals surface area (Å²) in [6, 6.07) is 12.7. The first-order valence-electron chi connectivity index (χ1n) is 5.15. The van der Waals surface area contributed by atoms with E-state index in [1.807, 2.05) is 30.3 Å². The highest BCUT2D eigenvalue weighted by molar-refractivity contribution is 5.77. The minimum atomic E-state index is -0.0467. The number of benzene rings is 1. The standard InChI is InChI=1S/C12H10N4O/c13-12-14-9-6-7-10(17)15-11(9)16(12)8-4-2-1-3-5-8/h1-7H,(H2,13,14)(H,15,17). The fourth-order valence-electron chi connectivity index (χ4n) is 1.80. The molecule has 3 rings (SSSR count). The van der Waals surface area contributed by atoms with E-state index in [4.69, 9.17) is 5.73 Å². The van der Waals surface area contributed by atoms with Crippen LogP contribution in [0.1, 0.15) is 0 Å². The summed E-state index contributed by atoms with van der Waals surface area (Å²) in [4.78, 5) is 8.25. The van der Waals surface area contributed by atoms with E-state index in [-0.39, 0.29) is 5.88 Å². The van der Waals surface area contributed by atoms with Crippen LogP contribution in [-0.2, 0) is 0 Å². The van der Waals surface area contributed by atoms with Crippen LogP contribution in [0.5, 0.6) is 5.88 Å². The summed E-state index contributed by atoms with van der Waals surface area (Å²) >= 11 is 0. The summed E-state index contributed by atoms with van der Waals surface area (Å²) in [6.45, 7) is 0. The highest BCUT2D eigenvalue weighted by Crippen LogP contribution is 2.22. The predicted octanol–water partition coefficient (Wildman–Crippen LogP) is 1.71. The van der Waals surface area contributed by atoms with Gasteiger partial charge in [0.25, 0.3) is 0 Å². The third kappa shape index (κ3) is 1.48. The zero-order valence-corrected chi connectivity index (χ0v) is 8.91. The van der Waals surface area contributed by atoms with Gasteiger partial charge >= 0.3 is 0 Å². The van der Waals surface area contributed by atoms with Crippen LogP contribution >= 0.6 is 0 Å². The molecular weight excluding hydrogens is 216 g/mol. The Bertz CT molecular complexity index is 676. The first kappa shape index (κ1) is 9.65. The Balaban J connectivity index is 2.35. The zero-order valence-electron chi connectivity index (χ0n) is 8.91. The normalized spacial score (nSPS) is 10.8. The number of nitrogen functional groups attached to an aromatic ring is 1. The number of hydrogen-bond acceptors (Lipinski definition) is 4. The number of para-hydroxylation sites is 1. The van der Waals surface area contributed by atoms with Crippen molar-refractivity contribution in [2.24, 2.45) is 0 Å². The van der Waals surface area contributed by atoms with Crippen LogP contribution in [0.2, 0.25) is 0 Å². The molecule has 3 N–H and O–H groups in total. The Labute approximate surface area is 97.2 Å². The number of hydrogen-bond donors (Lipinski definition) is 2. The Morgan fingerprint density at radius 3 is 2.53 bits per heavy atom. The quantitative estimate of drug-likeness (QED) is 0.662. The summed E-state index contributed by atoms with van der Waals surface area (Å²) in [7, 11) is 0. The molecule has 2 aromatic heterocycles. The highest BCUT2D eigenvalue weighted by atomic mass is 16.3. The minimum absolute atomic E-state index is 0.0467. The molecule has 17 heavy (non-hydrogen) atoms. The Morgan fingerprint density at radius 1 is 1.00 bits per heavy atom. The van der Waals surface area contributed by atoms with E-state index in [2.05, 4.69) is 9.97 Å². The van der Waals surface area contributed by atoms with Gasteiger partial charge in [0.05, 0.1) is 5.69 Å². The number of imidazole rings is 1. The van der Waals surface area contributed by atoms with E-state index in [9.17, 15) is 5.11 Å². The van der Waals surface area contributed by atoms with Crippen LogP contribution in [0.25, 0.3) is 16.9 Å². The van der Waals surface area contributed by atoms with Gasteiger partial charge in [-0.05, 0) is 18.2 Å². The highest BCUT2D eigenvalue weighted by Gasteiger charge is 2.11. The molecule has 0 saturated heterocycles. The first-order valence-corrected chi connectivity index (χ1v) is 5.15. The molecular formula is C12H10N4O. The van der Waals surface area contributed by atoms with Crippen LogP contribution in [0.3, 0.4) is 0 Å². The predicted molar refractivity (Wildman–Crippen MR) is 64.9 cm³/mol. The van der Waals surface area contributed by atoms with Crippen LogP contribution in [0.15, 0.2) is 42.5 Å². The van der Waals surface area contributed by atoms with Gasteiger partial charge < -0.3 is 10.8 Å². The lowest BCUT2D eigenvalue weighted by atomic mass is 10.3. The van der Waals surface area contributed by atoms with Crippen molar-refractivity contribution in [1.29, 1.82) is 0 Å². The summed E-state index contributed by atoms with van der Waals surface area (Å²) in [5.41, 5.74) is 7.94. The molecule has 0 amide bonds. The lowest BCUT2D eigenvalue weighted by Gasteiger charge is -2.04. The second kappa shape index (κ2) is 3.48. The summed E-state index contributed by atoms with van der Waals surface area (Å²) < 4.78 is 1.70. The van der Waals surface area contributed by atoms with Crippen molar-refractivity contribution in [2.75, 3.05) is 5.73 Å². The fraction of sp³-hybridized carbons (Fsp3) is 0. The van der Waals surface area contributed by atoms with E-state index >= 15 is 0 Å². The van der Waals surface area contributed by atoms with Gasteiger partial charge in [-0.2, -0.15) is 4.98 Å². The average molecular weight is 226 g/mol. The van der Waals surface area contributed by atoms with E-state index in [1.54, 1.807) is 10.6 Å². The third-order valence-electron chi connectivity index (χ3n) is 2.53. The molecule has 0 radical (unpaired) electrons. The maximum atomic E-state index is 9.42. The van der Waals surface area contributed by atoms with Gasteiger partial charge in [0.15, 0.2) is 5.65 Å². The number of nitrogens with two attached hydrogens (primary N) is 1. The molecule has 0 aliphatic carbocycles. The molecule has 0 atom stereocenters. The monoisotopic (exact) mass is 226 g/mol. The van der Waals surface area contributed by atoms with E-state index in [1.165, 1.54) is 6.07 Å². The zero-order chi connectivity index (χ0) is 11.8. The SMILES string of the molecule is Nc1nc2ccc(O)nc2n1-c1ccccc1. The second-order valence-electron chi connectivity index (χ2n) is 3.65. The maximum absolute atomic E-state index is 9.42. The van der Waals surface area contributed by atoms with Gasteiger partial charge in [-0.1, -0.05) is 18.2 Å². The third-order valence-corrected chi connectivity index (χ3v) is 2.53. The molecule has 0 unspecified atom stereocenters. The van der Waals surface area contributed by atoms with Crippen LogP contribution < -0.4 is 5.73 Å². The molecule has 0 saturated carbocycles. The van der Waals surface area contributed by atoms with Crippen molar-refractivity contribution >= 4 is 17.1 Å². The molecule has 84 valence electrons. The molecule has 3 aromatic rings. The van der Waals surface area contributed by atoms with Crippen LogP contribution in [0, 0.1) is 0 Å². The van der Waals surface area contributed by atoms with Crippen molar-refractivity contribution in [3.05, 3.63) is 42.5 Å². The van der Waals surface area contributed by atoms with Gasteiger partial charge in [0.1, 0.15) is 5.52 Å². The lowest BCUT2D eigenvalue weighted by Crippen LogP contribution is -2.00. The minimum Gasteiger partial charge on any atom is -0.493 e. The van der Waals surface area contributed by atoms with Crippen LogP contribution in [0.4, 0.5) is 5.95 Å². The number of nitrogens with zero attached hydrogens (tertiary/aromatic N) is 3. The number of rotatable bonds is 1. The number of aromatic nitrogens is 3. The molecule has 0 bridgehead atoms. The molecule has 0 aliphatic heterocycles. The number of pyridine rings is 1. The van der Waals surface area contributed by atoms with Crippen LogP contribution in [-0.4, -0.2) is 19.6 Å². The smallest absolute Gasteiger partial charge is 0.212 e. The van der Waals surface area contributed by atoms with E-state index in [0.717, 1.165) is 5.69 Å². The molecule has 1 aromatic carbocycles. The van der Waals surface area contributed by atoms with Gasteiger partial charge in [-0.15, -0.1) is 0 Å². The molecule has 5 nitrogen and oxygen atoms in total. The maximum Gasteiger partial charge on any atom is 0.212 e. The summed E-state index contributed by atoms with van der Waals surface area (Å²) in [5.74, 6) is 0.305. The average Bonchev–Trinajstić information content (AvgIpc) is 2.65. The molecule has 0 fully saturated rings. The molecule has 2 heterocycles. The Kier molecular flexibility index (Phi) is 1.98. The van der Waals surface area contributed by atoms with Gasteiger partial charge in [0.2, 0.25) is 11.8 Å². The van der Waals surface area contributed by atoms with Gasteiger partial charge in [-0.25, -0.2) is 4.98 Å². The number of aromatic hydroxyl groups is 1. The molecule has 0 aliphatic rings. The Morgan fingerprint density at radius 2 is 1.76 bits per heavy atom. The topological polar surface area (TPSA) is 77.0 Å². The van der Waals surface area contributed by atoms with Crippen molar-refractivity contribution in [3.8, 4) is 11.6 Å². The molecule has 0 spiro atoms. The van der Waals surface area contributed by atoms with Crippen molar-refractivity contribution in [3.63, 3.8) is 0 Å². The molecule has 5 heteroatoms. The lowest BCUT2D eigenvalue weighted by molar-refractivity contribution is 0.455. The largest absolute Gasteiger partial charge is 0.493 e. The fourth-order valence-corrected chi connectivity index (χ4v) is 1.80. The summed E-state index contributed by atoms with van der Waals surface area (Å²) in [6.07, 6.45) is 0. The van der Waals surface area contributed by atoms with Gasteiger partial charge in [0, 0.05) is 6.07 Å². The van der Waals surface area contributed by atoms with Crippen molar-refractivity contribution < 1.29 is 5.11 Å². The number of anilines is 1. The second-order valence-corrected chi connectivity index (χ2v) is 3.65. The van der Waals surface area contributed by atoms with E-state index < -0.39 is 0 Å². The van der Waals surface area contributed by atoms with E-state index in [0.29, 0.717) is 17.1 Å².